The number of nitrogens with zero attached hydrogens (tertiary/aromatic N) is 2. The Kier molecular flexibility index (Phi) is 4.80. The molecule has 9 heteroatoms. The average molecular weight is 398 g/mol. The molecule has 5 nitrogen and oxygen atoms in total. The third-order valence-electron chi connectivity index (χ3n) is 4.25. The minimum absolute atomic E-state index is 0.0844. The van der Waals surface area contributed by atoms with E-state index >= 15 is 0 Å². The number of alkyl halides is 3. The van der Waals surface area contributed by atoms with Crippen molar-refractivity contribution >= 4 is 24.5 Å². The monoisotopic (exact) mass is 398 g/mol. The van der Waals surface area contributed by atoms with Crippen LogP contribution in [0.5, 0.6) is 0 Å². The van der Waals surface area contributed by atoms with Crippen LogP contribution in [0.3, 0.4) is 0 Å². The molecule has 1 fully saturated rings. The van der Waals surface area contributed by atoms with Gasteiger partial charge in [-0.3, -0.25) is 9.59 Å². The van der Waals surface area contributed by atoms with E-state index in [1.54, 1.807) is 30.3 Å². The fourth-order valence-corrected chi connectivity index (χ4v) is 4.16. The van der Waals surface area contributed by atoms with Crippen LogP contribution in [0.25, 0.3) is 0 Å². The minimum Gasteiger partial charge on any atom is -0.331 e. The van der Waals surface area contributed by atoms with Crippen molar-refractivity contribution in [3.8, 4) is 0 Å². The molecule has 3 rings (SSSR count). The van der Waals surface area contributed by atoms with Crippen molar-refractivity contribution in [2.45, 2.75) is 18.6 Å². The Morgan fingerprint density at radius 2 is 1.78 bits per heavy atom. The molecule has 2 aliphatic heterocycles. The summed E-state index contributed by atoms with van der Waals surface area (Å²) in [5, 5.41) is 0. The van der Waals surface area contributed by atoms with Crippen LogP contribution in [0.2, 0.25) is 0 Å². The van der Waals surface area contributed by atoms with Gasteiger partial charge in [-0.15, -0.1) is 0 Å². The van der Waals surface area contributed by atoms with Crippen molar-refractivity contribution < 1.29 is 27.3 Å². The number of benzene rings is 1. The molecule has 1 atom stereocenters. The van der Waals surface area contributed by atoms with E-state index < -0.39 is 43.0 Å². The first-order chi connectivity index (χ1) is 12.5. The van der Waals surface area contributed by atoms with E-state index in [0.717, 1.165) is 17.2 Å². The number of hydrogen-bond acceptors (Lipinski definition) is 4. The molecule has 0 aromatic heterocycles. The Hall–Kier alpha value is -2.34. The molecule has 144 valence electrons. The maximum absolute atomic E-state index is 13.5. The summed E-state index contributed by atoms with van der Waals surface area (Å²) in [7, 11) is -2.77. The van der Waals surface area contributed by atoms with Crippen LogP contribution in [0.1, 0.15) is 6.42 Å². The Morgan fingerprint density at radius 3 is 2.33 bits per heavy atom. The number of carbonyl (C=O) groups excluding carboxylic acids is 2. The molecule has 2 heterocycles. The fourth-order valence-electron chi connectivity index (χ4n) is 3.15. The topological polar surface area (TPSA) is 57.7 Å². The summed E-state index contributed by atoms with van der Waals surface area (Å²) in [6, 6.07) is 7.12. The predicted molar refractivity (Wildman–Crippen MR) is 95.7 cm³/mol. The summed E-state index contributed by atoms with van der Waals surface area (Å²) in [5.41, 5.74) is -0.667. The third kappa shape index (κ3) is 4.00. The lowest BCUT2D eigenvalue weighted by Gasteiger charge is -2.43. The molecule has 0 saturated carbocycles. The Bertz CT molecular complexity index is 887. The van der Waals surface area contributed by atoms with Gasteiger partial charge >= 0.3 is 6.18 Å². The van der Waals surface area contributed by atoms with E-state index in [-0.39, 0.29) is 12.0 Å². The van der Waals surface area contributed by atoms with Crippen molar-refractivity contribution in [1.82, 2.24) is 4.90 Å². The molecule has 0 N–H and O–H groups in total. The Morgan fingerprint density at radius 1 is 1.15 bits per heavy atom. The van der Waals surface area contributed by atoms with Crippen LogP contribution in [0.15, 0.2) is 53.9 Å². The van der Waals surface area contributed by atoms with Gasteiger partial charge in [0.15, 0.2) is 5.78 Å². The van der Waals surface area contributed by atoms with Crippen LogP contribution in [-0.4, -0.2) is 48.4 Å². The maximum atomic E-state index is 13.5. The second-order valence-electron chi connectivity index (χ2n) is 6.98. The first kappa shape index (κ1) is 19.4. The SMILES string of the molecule is CP(C)(=O)CN1C(=O)CC(=O)C2C1=CC(C(F)(F)F)=CN2c1ccccc1. The quantitative estimate of drug-likeness (QED) is 0.577. The Balaban J connectivity index is 2.16. The number of piperidine rings is 1. The summed E-state index contributed by atoms with van der Waals surface area (Å²) >= 11 is 0. The molecule has 0 aliphatic carbocycles. The first-order valence-corrected chi connectivity index (χ1v) is 11.0. The van der Waals surface area contributed by atoms with Gasteiger partial charge in [0.1, 0.15) is 13.2 Å². The highest BCUT2D eigenvalue weighted by Gasteiger charge is 2.46. The number of para-hydroxylation sites is 1. The van der Waals surface area contributed by atoms with Crippen molar-refractivity contribution in [3.63, 3.8) is 0 Å². The fraction of sp³-hybridized carbons (Fsp3) is 0.333. The number of halogens is 3. The molecule has 1 aromatic carbocycles. The molecule has 1 aromatic rings. The van der Waals surface area contributed by atoms with E-state index in [0.29, 0.717) is 5.69 Å². The molecule has 1 saturated heterocycles. The molecule has 1 unspecified atom stereocenters. The van der Waals surface area contributed by atoms with Gasteiger partial charge < -0.3 is 14.4 Å². The van der Waals surface area contributed by atoms with Gasteiger partial charge in [-0.1, -0.05) is 18.2 Å². The number of Topliss-reactive ketones (excluding diaryl/α,β-unsaturated/α-hetero) is 1. The van der Waals surface area contributed by atoms with Gasteiger partial charge in [0, 0.05) is 11.9 Å². The highest BCUT2D eigenvalue weighted by molar-refractivity contribution is 7.62. The number of amides is 1. The summed E-state index contributed by atoms with van der Waals surface area (Å²) in [4.78, 5) is 27.2. The van der Waals surface area contributed by atoms with Gasteiger partial charge in [-0.2, -0.15) is 13.2 Å². The van der Waals surface area contributed by atoms with Gasteiger partial charge in [-0.25, -0.2) is 0 Å². The van der Waals surface area contributed by atoms with Gasteiger partial charge in [0.25, 0.3) is 0 Å². The lowest BCUT2D eigenvalue weighted by Crippen LogP contribution is -2.54. The van der Waals surface area contributed by atoms with Crippen molar-refractivity contribution in [3.05, 3.63) is 53.9 Å². The number of rotatable bonds is 3. The molecule has 0 spiro atoms. The zero-order valence-electron chi connectivity index (χ0n) is 14.7. The van der Waals surface area contributed by atoms with E-state index in [9.17, 15) is 27.3 Å². The largest absolute Gasteiger partial charge is 0.417 e. The Labute approximate surface area is 154 Å². The maximum Gasteiger partial charge on any atom is 0.417 e. The normalized spacial score (nSPS) is 21.0. The first-order valence-electron chi connectivity index (χ1n) is 8.18. The van der Waals surface area contributed by atoms with Crippen LogP contribution >= 0.6 is 7.14 Å². The molecular formula is C18H18F3N2O3P. The third-order valence-corrected chi connectivity index (χ3v) is 5.21. The minimum atomic E-state index is -4.66. The van der Waals surface area contributed by atoms with E-state index in [4.69, 9.17) is 0 Å². The molecule has 1 amide bonds. The second kappa shape index (κ2) is 6.68. The van der Waals surface area contributed by atoms with E-state index in [1.165, 1.54) is 18.2 Å². The summed E-state index contributed by atoms with van der Waals surface area (Å²) < 4.78 is 52.7. The molecule has 27 heavy (non-hydrogen) atoms. The lowest BCUT2D eigenvalue weighted by molar-refractivity contribution is -0.137. The van der Waals surface area contributed by atoms with Gasteiger partial charge in [0.05, 0.1) is 24.0 Å². The average Bonchev–Trinajstić information content (AvgIpc) is 2.56. The number of anilines is 1. The van der Waals surface area contributed by atoms with Gasteiger partial charge in [0.2, 0.25) is 5.91 Å². The highest BCUT2D eigenvalue weighted by atomic mass is 31.2. The molecule has 2 aliphatic rings. The number of likely N-dealkylation sites (tertiary alicyclic amines) is 1. The predicted octanol–water partition coefficient (Wildman–Crippen LogP) is 3.59. The van der Waals surface area contributed by atoms with Crippen LogP contribution in [0.4, 0.5) is 18.9 Å². The zero-order valence-corrected chi connectivity index (χ0v) is 15.6. The number of carbonyl (C=O) groups is 2. The van der Waals surface area contributed by atoms with Crippen LogP contribution in [-0.2, 0) is 14.2 Å². The van der Waals surface area contributed by atoms with E-state index in [2.05, 4.69) is 0 Å². The summed E-state index contributed by atoms with van der Waals surface area (Å²) in [6.45, 7) is 2.90. The van der Waals surface area contributed by atoms with Crippen molar-refractivity contribution in [1.29, 1.82) is 0 Å². The molecule has 0 bridgehead atoms. The second-order valence-corrected chi connectivity index (χ2v) is 10.4. The van der Waals surface area contributed by atoms with E-state index in [1.807, 2.05) is 0 Å². The van der Waals surface area contributed by atoms with Crippen LogP contribution in [0, 0.1) is 0 Å². The lowest BCUT2D eigenvalue weighted by atomic mass is 9.93. The zero-order chi connectivity index (χ0) is 20.0. The molecular weight excluding hydrogens is 380 g/mol. The van der Waals surface area contributed by atoms with Crippen LogP contribution < -0.4 is 4.90 Å². The van der Waals surface area contributed by atoms with Crippen molar-refractivity contribution in [2.75, 3.05) is 24.5 Å². The number of ketones is 1. The number of hydrogen-bond donors (Lipinski definition) is 0. The highest BCUT2D eigenvalue weighted by Crippen LogP contribution is 2.43. The summed E-state index contributed by atoms with van der Waals surface area (Å²) in [6.07, 6.45) is -3.63. The number of fused-ring (bicyclic) bond motifs is 1. The number of allylic oxidation sites excluding steroid dienone is 2. The van der Waals surface area contributed by atoms with Crippen molar-refractivity contribution in [2.24, 2.45) is 0 Å². The molecule has 0 radical (unpaired) electrons. The van der Waals surface area contributed by atoms with Gasteiger partial charge in [-0.05, 0) is 31.5 Å². The smallest absolute Gasteiger partial charge is 0.331 e. The summed E-state index contributed by atoms with van der Waals surface area (Å²) in [5.74, 6) is -1.13. The standard InChI is InChI=1S/C18H18F3N2O3P/c1-27(2,26)11-23-14-8-12(18(19,20)21)10-22(13-6-4-3-5-7-13)17(14)15(24)9-16(23)25/h3-8,10,17H,9,11H2,1-2H3.